The Kier molecular flexibility index (Phi) is 18.7. The Hall–Kier alpha value is -1.19. The molecule has 0 aromatic heterocycles. The molecule has 4 rings (SSSR count). The third-order valence-electron chi connectivity index (χ3n) is 8.13. The molecule has 5 atom stereocenters. The Labute approximate surface area is 260 Å². The van der Waals surface area contributed by atoms with Crippen LogP contribution in [0.15, 0.2) is 72.8 Å². The molecule has 0 aliphatic heterocycles. The zero-order valence-corrected chi connectivity index (χ0v) is 29.3. The van der Waals surface area contributed by atoms with Gasteiger partial charge in [-0.25, -0.2) is 0 Å². The van der Waals surface area contributed by atoms with E-state index in [9.17, 15) is 0 Å². The van der Waals surface area contributed by atoms with Gasteiger partial charge < -0.3 is 27.3 Å². The van der Waals surface area contributed by atoms with Gasteiger partial charge in [0.15, 0.2) is 0 Å². The molecule has 0 radical (unpaired) electrons. The van der Waals surface area contributed by atoms with Crippen molar-refractivity contribution in [2.24, 2.45) is 23.7 Å². The minimum atomic E-state index is -1.49. The van der Waals surface area contributed by atoms with Crippen molar-refractivity contribution in [3.05, 3.63) is 111 Å². The molecule has 214 valence electrons. The average Bonchev–Trinajstić information content (AvgIpc) is 3.08. The number of nitrogens with zero attached hydrogens (tertiary/aromatic N) is 1. The summed E-state index contributed by atoms with van der Waals surface area (Å²) in [4.78, 5) is 5.34. The number of fused-ring (bicyclic) bond motifs is 1. The molecule has 0 N–H and O–H groups in total. The quantitative estimate of drug-likeness (QED) is 0.190. The van der Waals surface area contributed by atoms with E-state index in [0.717, 1.165) is 29.2 Å². The van der Waals surface area contributed by atoms with Crippen molar-refractivity contribution in [2.75, 3.05) is 0 Å². The fraction of sp³-hybridized carbons (Fsp3) is 0.472. The normalized spacial score (nSPS) is 24.2. The minimum Gasteiger partial charge on any atom is -0.660 e. The molecule has 39 heavy (non-hydrogen) atoms. The molecule has 2 fully saturated rings. The summed E-state index contributed by atoms with van der Waals surface area (Å²) in [5.41, 5.74) is 3.51. The molecule has 2 aromatic carbocycles. The number of allylic oxidation sites excluding steroid dienone is 2. The number of benzene rings is 2. The van der Waals surface area contributed by atoms with Crippen molar-refractivity contribution in [1.82, 2.24) is 0 Å². The van der Waals surface area contributed by atoms with Crippen LogP contribution >= 0.6 is 0 Å². The van der Waals surface area contributed by atoms with Crippen LogP contribution < -0.4 is 0 Å². The van der Waals surface area contributed by atoms with Gasteiger partial charge in [0.2, 0.25) is 0 Å². The van der Waals surface area contributed by atoms with Gasteiger partial charge in [-0.3, -0.25) is 0 Å². The molecule has 0 bridgehead atoms. The summed E-state index contributed by atoms with van der Waals surface area (Å²) < 4.78 is 0. The summed E-state index contributed by atoms with van der Waals surface area (Å²) in [5.74, 6) is 3.82. The van der Waals surface area contributed by atoms with Crippen LogP contribution in [-0.2, 0) is 21.7 Å². The van der Waals surface area contributed by atoms with Crippen LogP contribution in [0, 0.1) is 46.0 Å². The van der Waals surface area contributed by atoms with Crippen molar-refractivity contribution in [3.63, 3.8) is 0 Å². The molecule has 2 aliphatic carbocycles. The van der Waals surface area contributed by atoms with Gasteiger partial charge in [0, 0.05) is 0 Å². The van der Waals surface area contributed by atoms with E-state index in [4.69, 9.17) is 4.98 Å². The van der Waals surface area contributed by atoms with Crippen molar-refractivity contribution in [1.29, 1.82) is 0 Å². The predicted molar refractivity (Wildman–Crippen MR) is 178 cm³/mol. The van der Waals surface area contributed by atoms with E-state index < -0.39 is 8.24 Å². The second-order valence-corrected chi connectivity index (χ2v) is 16.5. The Morgan fingerprint density at radius 1 is 0.692 bits per heavy atom. The van der Waals surface area contributed by atoms with Gasteiger partial charge in [-0.1, -0.05) is 166 Å². The largest absolute Gasteiger partial charge is 4.00 e. The van der Waals surface area contributed by atoms with Gasteiger partial charge >= 0.3 is 21.7 Å². The maximum Gasteiger partial charge on any atom is 4.00 e. The summed E-state index contributed by atoms with van der Waals surface area (Å²) in [5, 5.41) is 0. The third kappa shape index (κ3) is 12.1. The van der Waals surface area contributed by atoms with Crippen molar-refractivity contribution in [2.45, 2.75) is 84.5 Å². The van der Waals surface area contributed by atoms with E-state index in [1.165, 1.54) is 36.8 Å². The van der Waals surface area contributed by atoms with Crippen LogP contribution in [0.2, 0.25) is 18.6 Å². The molecular weight excluding hydrogens is 522 g/mol. The zero-order chi connectivity index (χ0) is 25.5. The fourth-order valence-electron chi connectivity index (χ4n) is 6.96. The first-order valence-corrected chi connectivity index (χ1v) is 16.8. The van der Waals surface area contributed by atoms with Crippen molar-refractivity contribution >= 4 is 20.4 Å². The van der Waals surface area contributed by atoms with Crippen LogP contribution in [0.1, 0.15) is 71.4 Å². The number of hydrogen-bond donors (Lipinski definition) is 0. The van der Waals surface area contributed by atoms with Gasteiger partial charge in [-0.15, -0.1) is 5.54 Å². The van der Waals surface area contributed by atoms with E-state index in [1.54, 1.807) is 0 Å². The minimum absolute atomic E-state index is 0. The Bertz CT molecular complexity index is 898. The Balaban J connectivity index is 0. The predicted octanol–water partition coefficient (Wildman–Crippen LogP) is 11.6. The summed E-state index contributed by atoms with van der Waals surface area (Å²) in [7, 11) is -1.49. The van der Waals surface area contributed by atoms with Gasteiger partial charge in [0.25, 0.3) is 0 Å². The first-order valence-electron chi connectivity index (χ1n) is 13.8. The fourth-order valence-corrected chi connectivity index (χ4v) is 11.9. The van der Waals surface area contributed by atoms with E-state index in [1.807, 2.05) is 36.4 Å². The Morgan fingerprint density at radius 2 is 1.10 bits per heavy atom. The molecule has 0 amide bonds. The van der Waals surface area contributed by atoms with Crippen LogP contribution in [0.3, 0.4) is 0 Å². The number of rotatable bonds is 5. The molecule has 0 spiro atoms. The number of hydrogen-bond acceptors (Lipinski definition) is 0. The van der Waals surface area contributed by atoms with E-state index in [-0.39, 0.29) is 49.5 Å². The first kappa shape index (κ1) is 40.0. The van der Waals surface area contributed by atoms with E-state index in [2.05, 4.69) is 96.3 Å². The van der Waals surface area contributed by atoms with Gasteiger partial charge in [0.1, 0.15) is 0 Å². The van der Waals surface area contributed by atoms with Gasteiger partial charge in [-0.2, -0.15) is 0 Å². The Morgan fingerprint density at radius 3 is 1.51 bits per heavy atom. The maximum absolute atomic E-state index is 5.34. The monoisotopic (exact) mass is 579 g/mol. The van der Waals surface area contributed by atoms with Gasteiger partial charge in [0.05, 0.1) is 0 Å². The summed E-state index contributed by atoms with van der Waals surface area (Å²) >= 11 is 0. The average molecular weight is 580 g/mol. The smallest absolute Gasteiger partial charge is 0.660 e. The van der Waals surface area contributed by atoms with Crippen molar-refractivity contribution < 1.29 is 21.7 Å². The maximum atomic E-state index is 5.34. The summed E-state index contributed by atoms with van der Waals surface area (Å²) in [6, 6.07) is 20.6. The topological polar surface area (TPSA) is 14.1 Å². The second-order valence-electron chi connectivity index (χ2n) is 12.3. The molecule has 0 heterocycles. The molecule has 3 heteroatoms. The van der Waals surface area contributed by atoms with E-state index >= 15 is 0 Å². The molecule has 2 aliphatic rings. The van der Waals surface area contributed by atoms with Gasteiger partial charge in [-0.05, 0) is 41.2 Å². The molecular formula is C36H57NSiTi. The first-order chi connectivity index (χ1) is 16.6. The van der Waals surface area contributed by atoms with Crippen LogP contribution in [0.5, 0.6) is 0 Å². The van der Waals surface area contributed by atoms with Crippen LogP contribution in [0.4, 0.5) is 0 Å². The summed E-state index contributed by atoms with van der Waals surface area (Å²) in [6.45, 7) is 17.0. The molecule has 5 unspecified atom stereocenters. The third-order valence-corrected chi connectivity index (χ3v) is 12.0. The summed E-state index contributed by atoms with van der Waals surface area (Å²) in [6.07, 6.45) is 14.2. The standard InChI is InChI=1S/C17H34NSi.C16H14.3CH3.Ti/c1-12-13(2)16(15-11-9-8-10-14(12)15)19(6,7)18-17(3,4)5;1-3-9-15(10-4-1)13-7-8-14-16-11-5-2-6-12-16;;;;/h12-16H,8-11H2,1-7H3;1-14H;3*1H3;/q-1;;3*-1;+4/b;13-7-,14-8+;;;;. The van der Waals surface area contributed by atoms with Crippen LogP contribution in [-0.4, -0.2) is 13.8 Å². The second kappa shape index (κ2) is 18.3. The SMILES string of the molecule is C(=C/c1ccccc1)/C=C/c1ccccc1.CC1C(C)C([Si](C)(C)[N-]C(C)(C)C)C2CCCCC12.[CH3-].[CH3-].[CH3-].[Ti+4]. The molecule has 0 saturated heterocycles. The van der Waals surface area contributed by atoms with Crippen LogP contribution in [0.25, 0.3) is 17.1 Å². The molecule has 2 saturated carbocycles. The van der Waals surface area contributed by atoms with Crippen molar-refractivity contribution in [3.8, 4) is 0 Å². The zero-order valence-electron chi connectivity index (χ0n) is 26.7. The van der Waals surface area contributed by atoms with E-state index in [0.29, 0.717) is 0 Å². The molecule has 2 aromatic rings. The molecule has 1 nitrogen and oxygen atoms in total.